The Kier molecular flexibility index (Phi) is 5.44. The number of nitrogens with two attached hydrogens (primary N) is 1. The molecule has 0 unspecified atom stereocenters. The second-order valence-corrected chi connectivity index (χ2v) is 6.09. The molecule has 0 bridgehead atoms. The fraction of sp³-hybridized carbons (Fsp3) is 0.929. The first-order valence-corrected chi connectivity index (χ1v) is 6.93. The molecule has 0 spiro atoms. The van der Waals surface area contributed by atoms with Gasteiger partial charge in [0, 0.05) is 25.4 Å². The van der Waals surface area contributed by atoms with Crippen molar-refractivity contribution >= 4 is 5.91 Å². The van der Waals surface area contributed by atoms with Crippen molar-refractivity contribution in [1.29, 1.82) is 0 Å². The van der Waals surface area contributed by atoms with Crippen molar-refractivity contribution in [2.45, 2.75) is 52.4 Å². The number of hydrogen-bond donors (Lipinski definition) is 1. The molecule has 1 amide bonds. The third kappa shape index (κ3) is 4.30. The molecule has 0 saturated heterocycles. The maximum atomic E-state index is 11.9. The number of carbonyl (C=O) groups is 1. The van der Waals surface area contributed by atoms with E-state index in [2.05, 4.69) is 13.8 Å². The van der Waals surface area contributed by atoms with Crippen LogP contribution in [0.1, 0.15) is 52.4 Å². The van der Waals surface area contributed by atoms with Crippen molar-refractivity contribution in [1.82, 2.24) is 4.90 Å². The second kappa shape index (κ2) is 6.39. The van der Waals surface area contributed by atoms with Crippen LogP contribution in [0, 0.1) is 11.3 Å². The maximum absolute atomic E-state index is 11.9. The highest BCUT2D eigenvalue weighted by molar-refractivity contribution is 5.75. The van der Waals surface area contributed by atoms with Gasteiger partial charge in [-0.25, -0.2) is 0 Å². The van der Waals surface area contributed by atoms with Crippen molar-refractivity contribution in [2.75, 3.05) is 20.1 Å². The van der Waals surface area contributed by atoms with Crippen molar-refractivity contribution in [3.05, 3.63) is 0 Å². The van der Waals surface area contributed by atoms with E-state index >= 15 is 0 Å². The summed E-state index contributed by atoms with van der Waals surface area (Å²) in [5.41, 5.74) is 6.06. The Morgan fingerprint density at radius 1 is 1.41 bits per heavy atom. The SMILES string of the molecule is CC(C)CCCC(=O)N(C)CC1(CN)CCC1. The monoisotopic (exact) mass is 240 g/mol. The highest BCUT2D eigenvalue weighted by Gasteiger charge is 2.37. The Morgan fingerprint density at radius 2 is 2.06 bits per heavy atom. The molecule has 0 aromatic rings. The van der Waals surface area contributed by atoms with Crippen LogP contribution in [0.3, 0.4) is 0 Å². The van der Waals surface area contributed by atoms with Gasteiger partial charge in [0.2, 0.25) is 5.91 Å². The zero-order valence-corrected chi connectivity index (χ0v) is 11.7. The number of nitrogens with zero attached hydrogens (tertiary/aromatic N) is 1. The van der Waals surface area contributed by atoms with Gasteiger partial charge in [-0.15, -0.1) is 0 Å². The Morgan fingerprint density at radius 3 is 2.47 bits per heavy atom. The van der Waals surface area contributed by atoms with E-state index in [1.165, 1.54) is 19.3 Å². The smallest absolute Gasteiger partial charge is 0.222 e. The fourth-order valence-electron chi connectivity index (χ4n) is 2.55. The molecule has 2 N–H and O–H groups in total. The number of rotatable bonds is 7. The normalized spacial score (nSPS) is 17.9. The number of carbonyl (C=O) groups excluding carboxylic acids is 1. The molecule has 0 aromatic carbocycles. The summed E-state index contributed by atoms with van der Waals surface area (Å²) in [5, 5.41) is 0. The van der Waals surface area contributed by atoms with Gasteiger partial charge in [0.05, 0.1) is 0 Å². The lowest BCUT2D eigenvalue weighted by atomic mass is 9.68. The highest BCUT2D eigenvalue weighted by atomic mass is 16.2. The van der Waals surface area contributed by atoms with Crippen LogP contribution in [0.15, 0.2) is 0 Å². The minimum atomic E-state index is 0.239. The van der Waals surface area contributed by atoms with E-state index < -0.39 is 0 Å². The maximum Gasteiger partial charge on any atom is 0.222 e. The van der Waals surface area contributed by atoms with Crippen molar-refractivity contribution in [2.24, 2.45) is 17.1 Å². The summed E-state index contributed by atoms with van der Waals surface area (Å²) >= 11 is 0. The van der Waals surface area contributed by atoms with Gasteiger partial charge in [-0.3, -0.25) is 4.79 Å². The summed E-state index contributed by atoms with van der Waals surface area (Å²) in [4.78, 5) is 13.8. The fourth-order valence-corrected chi connectivity index (χ4v) is 2.55. The quantitative estimate of drug-likeness (QED) is 0.742. The minimum absolute atomic E-state index is 0.239. The lowest BCUT2D eigenvalue weighted by Crippen LogP contribution is -2.47. The van der Waals surface area contributed by atoms with E-state index in [1.807, 2.05) is 11.9 Å². The molecular formula is C14H28N2O. The molecule has 3 nitrogen and oxygen atoms in total. The lowest BCUT2D eigenvalue weighted by molar-refractivity contribution is -0.132. The summed E-state index contributed by atoms with van der Waals surface area (Å²) in [5.74, 6) is 0.973. The first-order chi connectivity index (χ1) is 7.99. The summed E-state index contributed by atoms with van der Waals surface area (Å²) < 4.78 is 0. The zero-order valence-electron chi connectivity index (χ0n) is 11.7. The Bertz CT molecular complexity index is 241. The van der Waals surface area contributed by atoms with Gasteiger partial charge in [-0.05, 0) is 31.7 Å². The van der Waals surface area contributed by atoms with Crippen molar-refractivity contribution < 1.29 is 4.79 Å². The van der Waals surface area contributed by atoms with Crippen LogP contribution in [-0.2, 0) is 4.79 Å². The van der Waals surface area contributed by atoms with Crippen LogP contribution in [0.2, 0.25) is 0 Å². The molecular weight excluding hydrogens is 212 g/mol. The second-order valence-electron chi connectivity index (χ2n) is 6.09. The zero-order chi connectivity index (χ0) is 12.9. The van der Waals surface area contributed by atoms with E-state index in [1.54, 1.807) is 0 Å². The largest absolute Gasteiger partial charge is 0.345 e. The van der Waals surface area contributed by atoms with Gasteiger partial charge >= 0.3 is 0 Å². The predicted octanol–water partition coefficient (Wildman–Crippen LogP) is 2.40. The Labute approximate surface area is 106 Å². The first-order valence-electron chi connectivity index (χ1n) is 6.93. The molecule has 17 heavy (non-hydrogen) atoms. The molecule has 1 fully saturated rings. The van der Waals surface area contributed by atoms with E-state index in [9.17, 15) is 4.79 Å². The Hall–Kier alpha value is -0.570. The van der Waals surface area contributed by atoms with Crippen LogP contribution in [0.5, 0.6) is 0 Å². The van der Waals surface area contributed by atoms with Crippen LogP contribution in [0.4, 0.5) is 0 Å². The number of amides is 1. The average molecular weight is 240 g/mol. The Balaban J connectivity index is 2.26. The number of hydrogen-bond acceptors (Lipinski definition) is 2. The lowest BCUT2D eigenvalue weighted by Gasteiger charge is -2.43. The average Bonchev–Trinajstić information content (AvgIpc) is 2.22. The van der Waals surface area contributed by atoms with E-state index in [0.717, 1.165) is 25.9 Å². The van der Waals surface area contributed by atoms with Gasteiger partial charge in [-0.2, -0.15) is 0 Å². The van der Waals surface area contributed by atoms with Crippen molar-refractivity contribution in [3.63, 3.8) is 0 Å². The standard InChI is InChI=1S/C14H28N2O/c1-12(2)6-4-7-13(17)16(3)11-14(10-15)8-5-9-14/h12H,4-11,15H2,1-3H3. The molecule has 0 atom stereocenters. The molecule has 3 heteroatoms. The molecule has 1 rings (SSSR count). The van der Waals surface area contributed by atoms with Crippen LogP contribution in [-0.4, -0.2) is 30.9 Å². The summed E-state index contributed by atoms with van der Waals surface area (Å²) in [7, 11) is 1.92. The topological polar surface area (TPSA) is 46.3 Å². The molecule has 0 heterocycles. The van der Waals surface area contributed by atoms with E-state index in [-0.39, 0.29) is 11.3 Å². The minimum Gasteiger partial charge on any atom is -0.345 e. The van der Waals surface area contributed by atoms with E-state index in [4.69, 9.17) is 5.73 Å². The molecule has 1 aliphatic carbocycles. The molecule has 0 aromatic heterocycles. The molecule has 100 valence electrons. The van der Waals surface area contributed by atoms with Crippen LogP contribution >= 0.6 is 0 Å². The summed E-state index contributed by atoms with van der Waals surface area (Å²) in [6.45, 7) is 5.97. The van der Waals surface area contributed by atoms with Gasteiger partial charge in [-0.1, -0.05) is 26.7 Å². The molecule has 1 aliphatic rings. The third-order valence-electron chi connectivity index (χ3n) is 4.02. The van der Waals surface area contributed by atoms with E-state index in [0.29, 0.717) is 12.3 Å². The highest BCUT2D eigenvalue weighted by Crippen LogP contribution is 2.40. The molecule has 0 radical (unpaired) electrons. The first kappa shape index (κ1) is 14.5. The van der Waals surface area contributed by atoms with Crippen LogP contribution < -0.4 is 5.73 Å². The van der Waals surface area contributed by atoms with Gasteiger partial charge in [0.25, 0.3) is 0 Å². The molecule has 0 aliphatic heterocycles. The predicted molar refractivity (Wildman–Crippen MR) is 71.7 cm³/mol. The summed E-state index contributed by atoms with van der Waals surface area (Å²) in [6, 6.07) is 0. The third-order valence-corrected chi connectivity index (χ3v) is 4.02. The van der Waals surface area contributed by atoms with Crippen LogP contribution in [0.25, 0.3) is 0 Å². The molecule has 1 saturated carbocycles. The summed E-state index contributed by atoms with van der Waals surface area (Å²) in [6.07, 6.45) is 6.49. The van der Waals surface area contributed by atoms with Crippen molar-refractivity contribution in [3.8, 4) is 0 Å². The van der Waals surface area contributed by atoms with Gasteiger partial charge in [0.15, 0.2) is 0 Å². The van der Waals surface area contributed by atoms with Gasteiger partial charge < -0.3 is 10.6 Å². The van der Waals surface area contributed by atoms with Gasteiger partial charge in [0.1, 0.15) is 0 Å².